The maximum Gasteiger partial charge on any atom is 0.408 e. The molecule has 30 heavy (non-hydrogen) atoms. The molecule has 0 bridgehead atoms. The Morgan fingerprint density at radius 1 is 1.23 bits per heavy atom. The van der Waals surface area contributed by atoms with Crippen molar-refractivity contribution in [3.63, 3.8) is 0 Å². The van der Waals surface area contributed by atoms with Gasteiger partial charge in [-0.1, -0.05) is 30.3 Å². The zero-order chi connectivity index (χ0) is 21.7. The minimum Gasteiger partial charge on any atom is -0.444 e. The third kappa shape index (κ3) is 5.77. The van der Waals surface area contributed by atoms with Crippen LogP contribution in [0.4, 0.5) is 10.5 Å². The van der Waals surface area contributed by atoms with Crippen LogP contribution in [0.5, 0.6) is 0 Å². The van der Waals surface area contributed by atoms with E-state index in [4.69, 9.17) is 9.47 Å². The van der Waals surface area contributed by atoms with E-state index in [1.54, 1.807) is 26.8 Å². The summed E-state index contributed by atoms with van der Waals surface area (Å²) in [7, 11) is 0. The maximum atomic E-state index is 12.3. The second kappa shape index (κ2) is 8.91. The Balaban J connectivity index is 1.79. The average Bonchev–Trinajstić information content (AvgIpc) is 3.09. The van der Waals surface area contributed by atoms with Crippen LogP contribution >= 0.6 is 0 Å². The molecule has 3 rings (SSSR count). The van der Waals surface area contributed by atoms with Crippen LogP contribution in [0.3, 0.4) is 0 Å². The number of carbonyl (C=O) groups is 1. The first kappa shape index (κ1) is 21.3. The normalized spacial score (nSPS) is 12.5. The lowest BCUT2D eigenvalue weighted by Gasteiger charge is -2.23. The maximum absolute atomic E-state index is 12.3. The molecule has 1 aromatic heterocycles. The molecule has 0 spiro atoms. The highest BCUT2D eigenvalue weighted by molar-refractivity contribution is 5.78. The quantitative estimate of drug-likeness (QED) is 0.442. The Morgan fingerprint density at radius 3 is 2.63 bits per heavy atom. The van der Waals surface area contributed by atoms with E-state index in [1.165, 1.54) is 12.1 Å². The van der Waals surface area contributed by atoms with Gasteiger partial charge in [0.05, 0.1) is 29.2 Å². The van der Waals surface area contributed by atoms with Gasteiger partial charge in [-0.3, -0.25) is 10.1 Å². The number of non-ortho nitro benzene ring substituents is 1. The Hall–Kier alpha value is -3.46. The van der Waals surface area contributed by atoms with Crippen molar-refractivity contribution < 1.29 is 19.2 Å². The number of nitro groups is 1. The van der Waals surface area contributed by atoms with E-state index in [1.807, 2.05) is 30.3 Å². The number of aromatic amines is 1. The summed E-state index contributed by atoms with van der Waals surface area (Å²) >= 11 is 0. The predicted molar refractivity (Wildman–Crippen MR) is 111 cm³/mol. The molecule has 0 radical (unpaired) electrons. The van der Waals surface area contributed by atoms with Crippen LogP contribution < -0.4 is 5.32 Å². The fraction of sp³-hybridized carbons (Fsp3) is 0.333. The van der Waals surface area contributed by atoms with Gasteiger partial charge in [0.1, 0.15) is 17.5 Å². The summed E-state index contributed by atoms with van der Waals surface area (Å²) < 4.78 is 11.1. The number of fused-ring (bicyclic) bond motifs is 1. The Kier molecular flexibility index (Phi) is 6.31. The number of amides is 1. The first-order valence-corrected chi connectivity index (χ1v) is 9.46. The summed E-state index contributed by atoms with van der Waals surface area (Å²) in [5.41, 5.74) is 1.34. The third-order valence-electron chi connectivity index (χ3n) is 4.11. The number of nitrogens with one attached hydrogen (secondary N) is 2. The molecule has 2 aromatic carbocycles. The summed E-state index contributed by atoms with van der Waals surface area (Å²) in [5.74, 6) is 0.421. The summed E-state index contributed by atoms with van der Waals surface area (Å²) in [4.78, 5) is 30.4. The van der Waals surface area contributed by atoms with Crippen molar-refractivity contribution in [3.8, 4) is 0 Å². The van der Waals surface area contributed by atoms with Crippen molar-refractivity contribution in [2.45, 2.75) is 39.0 Å². The van der Waals surface area contributed by atoms with Gasteiger partial charge in [0.15, 0.2) is 0 Å². The number of ether oxygens (including phenoxy) is 2. The number of rotatable bonds is 7. The molecule has 0 unspecified atom stereocenters. The number of hydrogen-bond donors (Lipinski definition) is 2. The number of H-pyrrole nitrogens is 1. The first-order valence-electron chi connectivity index (χ1n) is 9.46. The van der Waals surface area contributed by atoms with Gasteiger partial charge in [-0.2, -0.15) is 0 Å². The highest BCUT2D eigenvalue weighted by Crippen LogP contribution is 2.22. The van der Waals surface area contributed by atoms with Crippen molar-refractivity contribution in [3.05, 3.63) is 70.0 Å². The lowest BCUT2D eigenvalue weighted by molar-refractivity contribution is -0.384. The number of carbonyl (C=O) groups excluding carboxylic acids is 1. The molecule has 1 atom stereocenters. The van der Waals surface area contributed by atoms with Gasteiger partial charge in [0.25, 0.3) is 5.69 Å². The van der Waals surface area contributed by atoms with Crippen molar-refractivity contribution >= 4 is 22.8 Å². The summed E-state index contributed by atoms with van der Waals surface area (Å²) in [6.45, 7) is 5.81. The van der Waals surface area contributed by atoms with Crippen LogP contribution in [0.2, 0.25) is 0 Å². The van der Waals surface area contributed by atoms with E-state index in [9.17, 15) is 14.9 Å². The molecule has 9 nitrogen and oxygen atoms in total. The van der Waals surface area contributed by atoms with Crippen molar-refractivity contribution in [2.24, 2.45) is 0 Å². The molecule has 9 heteroatoms. The second-order valence-electron chi connectivity index (χ2n) is 7.78. The second-order valence-corrected chi connectivity index (χ2v) is 7.78. The molecule has 0 fully saturated rings. The Morgan fingerprint density at radius 2 is 1.97 bits per heavy atom. The van der Waals surface area contributed by atoms with Gasteiger partial charge in [-0.25, -0.2) is 9.78 Å². The number of nitrogens with zero attached hydrogens (tertiary/aromatic N) is 2. The number of imidazole rings is 1. The molecule has 0 aliphatic heterocycles. The topological polar surface area (TPSA) is 119 Å². The molecule has 0 saturated heterocycles. The molecule has 158 valence electrons. The van der Waals surface area contributed by atoms with E-state index < -0.39 is 22.7 Å². The summed E-state index contributed by atoms with van der Waals surface area (Å²) in [5, 5.41) is 13.8. The zero-order valence-corrected chi connectivity index (χ0v) is 17.0. The third-order valence-corrected chi connectivity index (χ3v) is 4.11. The highest BCUT2D eigenvalue weighted by Gasteiger charge is 2.23. The van der Waals surface area contributed by atoms with Crippen LogP contribution in [0, 0.1) is 10.1 Å². The van der Waals surface area contributed by atoms with E-state index in [-0.39, 0.29) is 12.3 Å². The Bertz CT molecular complexity index is 1030. The molecule has 1 amide bonds. The van der Waals surface area contributed by atoms with Crippen LogP contribution in [0.25, 0.3) is 11.0 Å². The minimum absolute atomic E-state index is 0.0466. The lowest BCUT2D eigenvalue weighted by Crippen LogP contribution is -2.37. The summed E-state index contributed by atoms with van der Waals surface area (Å²) in [6.07, 6.45) is -0.609. The largest absolute Gasteiger partial charge is 0.444 e. The molecule has 3 aromatic rings. The SMILES string of the molecule is CC(C)(C)OC(=O)N[C@H](COCc1ccccc1)c1nc2ccc([N+](=O)[O-])cc2[nH]1. The number of benzene rings is 2. The van der Waals surface area contributed by atoms with Crippen LogP contribution in [-0.4, -0.2) is 33.2 Å². The molecule has 0 saturated carbocycles. The van der Waals surface area contributed by atoms with Gasteiger partial charge >= 0.3 is 6.09 Å². The molecular weight excluding hydrogens is 388 g/mol. The predicted octanol–water partition coefficient (Wildman–Crippen LogP) is 4.25. The van der Waals surface area contributed by atoms with E-state index in [0.29, 0.717) is 23.5 Å². The molecule has 0 aliphatic rings. The number of nitro benzene ring substituents is 1. The summed E-state index contributed by atoms with van der Waals surface area (Å²) in [6, 6.07) is 13.4. The lowest BCUT2D eigenvalue weighted by atomic mass is 10.2. The van der Waals surface area contributed by atoms with Crippen molar-refractivity contribution in [1.29, 1.82) is 0 Å². The zero-order valence-electron chi connectivity index (χ0n) is 17.0. The number of hydrogen-bond acceptors (Lipinski definition) is 6. The molecule has 0 aliphatic carbocycles. The Labute approximate surface area is 173 Å². The number of alkyl carbamates (subject to hydrolysis) is 1. The van der Waals surface area contributed by atoms with Crippen LogP contribution in [0.15, 0.2) is 48.5 Å². The van der Waals surface area contributed by atoms with Crippen molar-refractivity contribution in [1.82, 2.24) is 15.3 Å². The molecular formula is C21H24N4O5. The smallest absolute Gasteiger partial charge is 0.408 e. The fourth-order valence-corrected chi connectivity index (χ4v) is 2.80. The average molecular weight is 412 g/mol. The first-order chi connectivity index (χ1) is 14.2. The van der Waals surface area contributed by atoms with Crippen LogP contribution in [0.1, 0.15) is 38.2 Å². The van der Waals surface area contributed by atoms with Gasteiger partial charge in [-0.05, 0) is 32.4 Å². The van der Waals surface area contributed by atoms with E-state index >= 15 is 0 Å². The van der Waals surface area contributed by atoms with Gasteiger partial charge in [0.2, 0.25) is 0 Å². The standard InChI is InChI=1S/C21H24N4O5/c1-21(2,3)30-20(26)24-18(13-29-12-14-7-5-4-6-8-14)19-22-16-10-9-15(25(27)28)11-17(16)23-19/h4-11,18H,12-13H2,1-3H3,(H,22,23)(H,24,26)/t18-/m1/s1. The van der Waals surface area contributed by atoms with E-state index in [0.717, 1.165) is 5.56 Å². The monoisotopic (exact) mass is 412 g/mol. The number of aromatic nitrogens is 2. The fourth-order valence-electron chi connectivity index (χ4n) is 2.80. The molecule has 1 heterocycles. The van der Waals surface area contributed by atoms with Crippen LogP contribution in [-0.2, 0) is 16.1 Å². The van der Waals surface area contributed by atoms with Gasteiger partial charge < -0.3 is 19.8 Å². The molecule has 2 N–H and O–H groups in total. The minimum atomic E-state index is -0.659. The van der Waals surface area contributed by atoms with Gasteiger partial charge in [0, 0.05) is 12.1 Å². The highest BCUT2D eigenvalue weighted by atomic mass is 16.6. The van der Waals surface area contributed by atoms with E-state index in [2.05, 4.69) is 15.3 Å². The van der Waals surface area contributed by atoms with Crippen molar-refractivity contribution in [2.75, 3.05) is 6.61 Å². The van der Waals surface area contributed by atoms with Gasteiger partial charge in [-0.15, -0.1) is 0 Å².